The normalized spacial score (nSPS) is 28.2. The van der Waals surface area contributed by atoms with Crippen molar-refractivity contribution in [1.29, 1.82) is 0 Å². The van der Waals surface area contributed by atoms with Gasteiger partial charge < -0.3 is 10.0 Å². The van der Waals surface area contributed by atoms with Gasteiger partial charge in [-0.05, 0) is 32.7 Å². The standard InChI is InChI=1S/C8H17NO/c1-7(2)9-4-3-8(5-9)6-10/h7-8,10H,3-6H2,1-2H3/t8-/m0/s1. The summed E-state index contributed by atoms with van der Waals surface area (Å²) in [6.45, 7) is 7.04. The number of likely N-dealkylation sites (tertiary alicyclic amines) is 1. The lowest BCUT2D eigenvalue weighted by Crippen LogP contribution is -2.28. The third-order valence-electron chi connectivity index (χ3n) is 2.31. The molecule has 1 aliphatic rings. The van der Waals surface area contributed by atoms with Crippen molar-refractivity contribution < 1.29 is 5.11 Å². The Balaban J connectivity index is 2.28. The molecule has 10 heavy (non-hydrogen) atoms. The summed E-state index contributed by atoms with van der Waals surface area (Å²) >= 11 is 0. The average Bonchev–Trinajstić information content (AvgIpc) is 2.34. The molecular weight excluding hydrogens is 126 g/mol. The Labute approximate surface area is 62.8 Å². The molecule has 0 aromatic heterocycles. The number of aliphatic hydroxyl groups excluding tert-OH is 1. The minimum atomic E-state index is 0.364. The van der Waals surface area contributed by atoms with Gasteiger partial charge in [0.25, 0.3) is 0 Å². The minimum Gasteiger partial charge on any atom is -0.396 e. The van der Waals surface area contributed by atoms with Crippen LogP contribution in [0.15, 0.2) is 0 Å². The van der Waals surface area contributed by atoms with E-state index in [0.29, 0.717) is 18.6 Å². The van der Waals surface area contributed by atoms with E-state index in [0.717, 1.165) is 6.54 Å². The molecule has 0 aromatic carbocycles. The van der Waals surface area contributed by atoms with Gasteiger partial charge in [-0.25, -0.2) is 0 Å². The summed E-state index contributed by atoms with van der Waals surface area (Å²) in [5.41, 5.74) is 0. The second kappa shape index (κ2) is 3.35. The molecule has 2 nitrogen and oxygen atoms in total. The summed E-state index contributed by atoms with van der Waals surface area (Å²) < 4.78 is 0. The predicted octanol–water partition coefficient (Wildman–Crippen LogP) is 0.709. The van der Waals surface area contributed by atoms with Gasteiger partial charge in [0, 0.05) is 19.2 Å². The largest absolute Gasteiger partial charge is 0.396 e. The summed E-state index contributed by atoms with van der Waals surface area (Å²) in [5.74, 6) is 0.544. The van der Waals surface area contributed by atoms with Gasteiger partial charge in [0.05, 0.1) is 0 Å². The quantitative estimate of drug-likeness (QED) is 0.615. The summed E-state index contributed by atoms with van der Waals surface area (Å²) in [6, 6.07) is 0.650. The summed E-state index contributed by atoms with van der Waals surface area (Å²) in [5, 5.41) is 8.84. The van der Waals surface area contributed by atoms with Crippen molar-refractivity contribution in [2.45, 2.75) is 26.3 Å². The maximum atomic E-state index is 8.84. The molecule has 0 saturated carbocycles. The van der Waals surface area contributed by atoms with E-state index in [4.69, 9.17) is 5.11 Å². The van der Waals surface area contributed by atoms with Crippen molar-refractivity contribution in [3.8, 4) is 0 Å². The first kappa shape index (κ1) is 8.02. The first-order valence-corrected chi connectivity index (χ1v) is 4.09. The zero-order chi connectivity index (χ0) is 7.56. The Hall–Kier alpha value is -0.0800. The second-order valence-electron chi connectivity index (χ2n) is 3.43. The molecule has 1 atom stereocenters. The third kappa shape index (κ3) is 1.70. The molecule has 1 saturated heterocycles. The van der Waals surface area contributed by atoms with E-state index in [1.54, 1.807) is 0 Å². The Morgan fingerprint density at radius 3 is 2.60 bits per heavy atom. The molecule has 1 aliphatic heterocycles. The van der Waals surface area contributed by atoms with Gasteiger partial charge in [0.15, 0.2) is 0 Å². The first-order valence-electron chi connectivity index (χ1n) is 4.09. The van der Waals surface area contributed by atoms with Crippen LogP contribution in [0.3, 0.4) is 0 Å². The van der Waals surface area contributed by atoms with Crippen LogP contribution >= 0.6 is 0 Å². The molecule has 0 aliphatic carbocycles. The lowest BCUT2D eigenvalue weighted by molar-refractivity contribution is 0.209. The van der Waals surface area contributed by atoms with E-state index in [1.165, 1.54) is 13.0 Å². The smallest absolute Gasteiger partial charge is 0.0471 e. The minimum absolute atomic E-state index is 0.364. The van der Waals surface area contributed by atoms with Gasteiger partial charge in [0.2, 0.25) is 0 Å². The zero-order valence-corrected chi connectivity index (χ0v) is 6.88. The Morgan fingerprint density at radius 1 is 1.60 bits per heavy atom. The lowest BCUT2D eigenvalue weighted by atomic mass is 10.1. The molecule has 1 rings (SSSR count). The third-order valence-corrected chi connectivity index (χ3v) is 2.31. The van der Waals surface area contributed by atoms with Gasteiger partial charge in [-0.15, -0.1) is 0 Å². The van der Waals surface area contributed by atoms with Crippen molar-refractivity contribution in [2.75, 3.05) is 19.7 Å². The van der Waals surface area contributed by atoms with E-state index in [-0.39, 0.29) is 0 Å². The van der Waals surface area contributed by atoms with Crippen molar-refractivity contribution in [3.63, 3.8) is 0 Å². The number of nitrogens with zero attached hydrogens (tertiary/aromatic N) is 1. The Kier molecular flexibility index (Phi) is 2.69. The second-order valence-corrected chi connectivity index (χ2v) is 3.43. The molecule has 0 aromatic rings. The van der Waals surface area contributed by atoms with E-state index < -0.39 is 0 Å². The fourth-order valence-electron chi connectivity index (χ4n) is 1.48. The molecule has 0 bridgehead atoms. The summed E-state index contributed by atoms with van der Waals surface area (Å²) in [6.07, 6.45) is 1.18. The highest BCUT2D eigenvalue weighted by atomic mass is 16.3. The van der Waals surface area contributed by atoms with Crippen molar-refractivity contribution in [1.82, 2.24) is 4.90 Å². The Bertz CT molecular complexity index is 103. The van der Waals surface area contributed by atoms with Gasteiger partial charge >= 0.3 is 0 Å². The number of aliphatic hydroxyl groups is 1. The van der Waals surface area contributed by atoms with E-state index in [2.05, 4.69) is 18.7 Å². The zero-order valence-electron chi connectivity index (χ0n) is 6.88. The molecule has 1 heterocycles. The van der Waals surface area contributed by atoms with Crippen LogP contribution in [0, 0.1) is 5.92 Å². The fraction of sp³-hybridized carbons (Fsp3) is 1.00. The van der Waals surface area contributed by atoms with Crippen LogP contribution in [0.5, 0.6) is 0 Å². The van der Waals surface area contributed by atoms with Crippen molar-refractivity contribution in [3.05, 3.63) is 0 Å². The number of hydrogen-bond acceptors (Lipinski definition) is 2. The molecule has 0 spiro atoms. The summed E-state index contributed by atoms with van der Waals surface area (Å²) in [7, 11) is 0. The predicted molar refractivity (Wildman–Crippen MR) is 41.9 cm³/mol. The van der Waals surface area contributed by atoms with E-state index in [9.17, 15) is 0 Å². The maximum absolute atomic E-state index is 8.84. The molecule has 0 amide bonds. The highest BCUT2D eigenvalue weighted by molar-refractivity contribution is 4.76. The molecular formula is C8H17NO. The molecule has 60 valence electrons. The van der Waals surface area contributed by atoms with Crippen LogP contribution in [-0.4, -0.2) is 35.7 Å². The molecule has 0 radical (unpaired) electrons. The SMILES string of the molecule is CC(C)N1CC[C@H](CO)C1. The summed E-state index contributed by atoms with van der Waals surface area (Å²) in [4.78, 5) is 2.42. The van der Waals surface area contributed by atoms with Crippen LogP contribution in [0.25, 0.3) is 0 Å². The van der Waals surface area contributed by atoms with Gasteiger partial charge in [-0.1, -0.05) is 0 Å². The van der Waals surface area contributed by atoms with E-state index in [1.807, 2.05) is 0 Å². The monoisotopic (exact) mass is 143 g/mol. The van der Waals surface area contributed by atoms with Crippen molar-refractivity contribution in [2.24, 2.45) is 5.92 Å². The highest BCUT2D eigenvalue weighted by Gasteiger charge is 2.22. The van der Waals surface area contributed by atoms with E-state index >= 15 is 0 Å². The van der Waals surface area contributed by atoms with Crippen LogP contribution in [0.2, 0.25) is 0 Å². The topological polar surface area (TPSA) is 23.5 Å². The lowest BCUT2D eigenvalue weighted by Gasteiger charge is -2.19. The average molecular weight is 143 g/mol. The molecule has 1 N–H and O–H groups in total. The number of rotatable bonds is 2. The van der Waals surface area contributed by atoms with Gasteiger partial charge in [-0.3, -0.25) is 0 Å². The first-order chi connectivity index (χ1) is 4.74. The van der Waals surface area contributed by atoms with Crippen LogP contribution in [0.1, 0.15) is 20.3 Å². The highest BCUT2D eigenvalue weighted by Crippen LogP contribution is 2.17. The van der Waals surface area contributed by atoms with Crippen molar-refractivity contribution >= 4 is 0 Å². The van der Waals surface area contributed by atoms with Gasteiger partial charge in [0.1, 0.15) is 0 Å². The number of hydrogen-bond donors (Lipinski definition) is 1. The molecule has 1 fully saturated rings. The van der Waals surface area contributed by atoms with Crippen LogP contribution in [0.4, 0.5) is 0 Å². The van der Waals surface area contributed by atoms with Gasteiger partial charge in [-0.2, -0.15) is 0 Å². The molecule has 0 unspecified atom stereocenters. The Morgan fingerprint density at radius 2 is 2.30 bits per heavy atom. The molecule has 2 heteroatoms. The maximum Gasteiger partial charge on any atom is 0.0471 e. The van der Waals surface area contributed by atoms with Crippen LogP contribution < -0.4 is 0 Å². The fourth-order valence-corrected chi connectivity index (χ4v) is 1.48. The van der Waals surface area contributed by atoms with Crippen LogP contribution in [-0.2, 0) is 0 Å².